The highest BCUT2D eigenvalue weighted by Gasteiger charge is 2.36. The van der Waals surface area contributed by atoms with Crippen molar-refractivity contribution in [2.45, 2.75) is 39.3 Å². The first-order valence-corrected chi connectivity index (χ1v) is 9.07. The Hall–Kier alpha value is -2.48. The lowest BCUT2D eigenvalue weighted by Crippen LogP contribution is -2.42. The standard InChI is InChI=1S/C19H27N5O3/c1-19(2,3)24-11-13(8-17(24)25)10-23(4)16-7-6-14(9-20-16)18-21-15(12-26-5)22-27-18/h6-7,9,13H,8,10-12H2,1-5H3/t13-/m0/s1. The Labute approximate surface area is 159 Å². The van der Waals surface area contributed by atoms with Gasteiger partial charge in [0.15, 0.2) is 5.82 Å². The van der Waals surface area contributed by atoms with Crippen LogP contribution in [0.5, 0.6) is 0 Å². The second-order valence-corrected chi connectivity index (χ2v) is 7.98. The maximum atomic E-state index is 12.3. The molecule has 1 atom stereocenters. The van der Waals surface area contributed by atoms with Crippen LogP contribution in [0.1, 0.15) is 33.0 Å². The van der Waals surface area contributed by atoms with Crippen molar-refractivity contribution < 1.29 is 14.1 Å². The first-order chi connectivity index (χ1) is 12.8. The number of aromatic nitrogens is 3. The predicted molar refractivity (Wildman–Crippen MR) is 101 cm³/mol. The molecule has 8 heteroatoms. The molecule has 146 valence electrons. The highest BCUT2D eigenvalue weighted by Crippen LogP contribution is 2.27. The third-order valence-corrected chi connectivity index (χ3v) is 4.67. The lowest BCUT2D eigenvalue weighted by atomic mass is 10.1. The average Bonchev–Trinajstić information content (AvgIpc) is 3.22. The van der Waals surface area contributed by atoms with Crippen LogP contribution in [0.3, 0.4) is 0 Å². The fourth-order valence-corrected chi connectivity index (χ4v) is 3.33. The van der Waals surface area contributed by atoms with Crippen molar-refractivity contribution in [3.63, 3.8) is 0 Å². The van der Waals surface area contributed by atoms with Gasteiger partial charge in [-0.25, -0.2) is 4.98 Å². The van der Waals surface area contributed by atoms with Crippen LogP contribution in [-0.4, -0.2) is 58.7 Å². The van der Waals surface area contributed by atoms with E-state index in [2.05, 4.69) is 40.8 Å². The van der Waals surface area contributed by atoms with E-state index in [1.807, 2.05) is 24.1 Å². The number of ether oxygens (including phenoxy) is 1. The zero-order chi connectivity index (χ0) is 19.6. The fraction of sp³-hybridized carbons (Fsp3) is 0.579. The minimum absolute atomic E-state index is 0.129. The van der Waals surface area contributed by atoms with Gasteiger partial charge in [-0.1, -0.05) is 5.16 Å². The Bertz CT molecular complexity index is 781. The molecule has 0 unspecified atom stereocenters. The number of carbonyl (C=O) groups excluding carboxylic acids is 1. The number of rotatable bonds is 6. The van der Waals surface area contributed by atoms with Crippen molar-refractivity contribution >= 4 is 11.7 Å². The maximum absolute atomic E-state index is 12.3. The van der Waals surface area contributed by atoms with Gasteiger partial charge in [-0.15, -0.1) is 0 Å². The molecule has 2 aromatic rings. The summed E-state index contributed by atoms with van der Waals surface area (Å²) in [5.41, 5.74) is 0.632. The summed E-state index contributed by atoms with van der Waals surface area (Å²) in [6.07, 6.45) is 2.31. The summed E-state index contributed by atoms with van der Waals surface area (Å²) >= 11 is 0. The molecule has 0 aliphatic carbocycles. The van der Waals surface area contributed by atoms with E-state index in [0.717, 1.165) is 24.5 Å². The lowest BCUT2D eigenvalue weighted by Gasteiger charge is -2.32. The van der Waals surface area contributed by atoms with E-state index in [0.29, 0.717) is 30.7 Å². The first kappa shape index (κ1) is 19.3. The van der Waals surface area contributed by atoms with E-state index in [9.17, 15) is 4.79 Å². The van der Waals surface area contributed by atoms with Gasteiger partial charge in [0.1, 0.15) is 12.4 Å². The molecule has 27 heavy (non-hydrogen) atoms. The molecule has 0 radical (unpaired) electrons. The van der Waals surface area contributed by atoms with Gasteiger partial charge in [0.05, 0.1) is 5.56 Å². The van der Waals surface area contributed by atoms with Crippen LogP contribution in [0.25, 0.3) is 11.5 Å². The lowest BCUT2D eigenvalue weighted by molar-refractivity contribution is -0.131. The molecular weight excluding hydrogens is 346 g/mol. The van der Waals surface area contributed by atoms with Crippen LogP contribution in [0.4, 0.5) is 5.82 Å². The molecule has 0 saturated carbocycles. The van der Waals surface area contributed by atoms with Crippen LogP contribution in [0.2, 0.25) is 0 Å². The van der Waals surface area contributed by atoms with Crippen molar-refractivity contribution in [3.8, 4) is 11.5 Å². The summed E-state index contributed by atoms with van der Waals surface area (Å²) in [6.45, 7) is 8.11. The summed E-state index contributed by atoms with van der Waals surface area (Å²) in [4.78, 5) is 25.1. The fourth-order valence-electron chi connectivity index (χ4n) is 3.33. The third-order valence-electron chi connectivity index (χ3n) is 4.67. The van der Waals surface area contributed by atoms with Crippen LogP contribution < -0.4 is 4.90 Å². The zero-order valence-electron chi connectivity index (χ0n) is 16.6. The summed E-state index contributed by atoms with van der Waals surface area (Å²) in [7, 11) is 3.58. The van der Waals surface area contributed by atoms with Crippen LogP contribution in [-0.2, 0) is 16.1 Å². The molecule has 2 aromatic heterocycles. The molecule has 1 amide bonds. The molecule has 0 aromatic carbocycles. The molecule has 0 bridgehead atoms. The van der Waals surface area contributed by atoms with Gasteiger partial charge in [-0.2, -0.15) is 4.98 Å². The van der Waals surface area contributed by atoms with Gasteiger partial charge in [-0.05, 0) is 32.9 Å². The van der Waals surface area contributed by atoms with E-state index in [4.69, 9.17) is 9.26 Å². The van der Waals surface area contributed by atoms with Crippen molar-refractivity contribution in [2.24, 2.45) is 5.92 Å². The monoisotopic (exact) mass is 373 g/mol. The number of hydrogen-bond donors (Lipinski definition) is 0. The molecule has 0 N–H and O–H groups in total. The zero-order valence-corrected chi connectivity index (χ0v) is 16.6. The smallest absolute Gasteiger partial charge is 0.259 e. The van der Waals surface area contributed by atoms with Crippen molar-refractivity contribution in [1.29, 1.82) is 0 Å². The Kier molecular flexibility index (Phi) is 5.46. The number of nitrogens with zero attached hydrogens (tertiary/aromatic N) is 5. The minimum Gasteiger partial charge on any atom is -0.377 e. The van der Waals surface area contributed by atoms with Gasteiger partial charge < -0.3 is 19.1 Å². The molecule has 1 aliphatic heterocycles. The molecular formula is C19H27N5O3. The third kappa shape index (κ3) is 4.44. The Morgan fingerprint density at radius 2 is 2.15 bits per heavy atom. The Balaban J connectivity index is 1.62. The maximum Gasteiger partial charge on any atom is 0.259 e. The van der Waals surface area contributed by atoms with Crippen LogP contribution in [0, 0.1) is 5.92 Å². The number of likely N-dealkylation sites (tertiary alicyclic amines) is 1. The number of anilines is 1. The van der Waals surface area contributed by atoms with Crippen molar-refractivity contribution in [3.05, 3.63) is 24.2 Å². The molecule has 8 nitrogen and oxygen atoms in total. The quantitative estimate of drug-likeness (QED) is 0.768. The number of carbonyl (C=O) groups is 1. The Morgan fingerprint density at radius 3 is 2.74 bits per heavy atom. The van der Waals surface area contributed by atoms with Crippen LogP contribution in [0.15, 0.2) is 22.9 Å². The Morgan fingerprint density at radius 1 is 1.37 bits per heavy atom. The number of pyridine rings is 1. The number of amides is 1. The van der Waals surface area contributed by atoms with E-state index >= 15 is 0 Å². The predicted octanol–water partition coefficient (Wildman–Crippen LogP) is 2.36. The number of hydrogen-bond acceptors (Lipinski definition) is 7. The van der Waals surface area contributed by atoms with Gasteiger partial charge in [0.25, 0.3) is 5.89 Å². The van der Waals surface area contributed by atoms with E-state index in [-0.39, 0.29) is 11.4 Å². The van der Waals surface area contributed by atoms with Crippen molar-refractivity contribution in [1.82, 2.24) is 20.0 Å². The van der Waals surface area contributed by atoms with Crippen molar-refractivity contribution in [2.75, 3.05) is 32.1 Å². The van der Waals surface area contributed by atoms with Gasteiger partial charge in [0.2, 0.25) is 5.91 Å². The molecule has 3 rings (SSSR count). The summed E-state index contributed by atoms with van der Waals surface area (Å²) < 4.78 is 10.2. The SMILES string of the molecule is COCc1noc(-c2ccc(N(C)C[C@@H]3CC(=O)N(C(C)(C)C)C3)nc2)n1. The largest absolute Gasteiger partial charge is 0.377 e. The normalized spacial score (nSPS) is 17.6. The molecule has 1 saturated heterocycles. The van der Waals surface area contributed by atoms with E-state index in [1.165, 1.54) is 0 Å². The molecule has 1 fully saturated rings. The average molecular weight is 373 g/mol. The summed E-state index contributed by atoms with van der Waals surface area (Å²) in [5, 5.41) is 3.86. The van der Waals surface area contributed by atoms with Gasteiger partial charge >= 0.3 is 0 Å². The second kappa shape index (κ2) is 7.64. The molecule has 3 heterocycles. The second-order valence-electron chi connectivity index (χ2n) is 7.98. The minimum atomic E-state index is -0.129. The first-order valence-electron chi connectivity index (χ1n) is 9.07. The highest BCUT2D eigenvalue weighted by atomic mass is 16.5. The van der Waals surface area contributed by atoms with Crippen LogP contribution >= 0.6 is 0 Å². The summed E-state index contributed by atoms with van der Waals surface area (Å²) in [6, 6.07) is 3.83. The molecule has 0 spiro atoms. The van der Waals surface area contributed by atoms with E-state index in [1.54, 1.807) is 13.3 Å². The van der Waals surface area contributed by atoms with E-state index < -0.39 is 0 Å². The molecule has 1 aliphatic rings. The summed E-state index contributed by atoms with van der Waals surface area (Å²) in [5.74, 6) is 2.30. The topological polar surface area (TPSA) is 84.6 Å². The van der Waals surface area contributed by atoms with Gasteiger partial charge in [-0.3, -0.25) is 4.79 Å². The highest BCUT2D eigenvalue weighted by molar-refractivity contribution is 5.79. The number of methoxy groups -OCH3 is 1. The van der Waals surface area contributed by atoms with Gasteiger partial charge in [0, 0.05) is 51.3 Å².